The highest BCUT2D eigenvalue weighted by Gasteiger charge is 2.28. The lowest BCUT2D eigenvalue weighted by Crippen LogP contribution is -2.28. The molecule has 0 fully saturated rings. The second-order valence-corrected chi connectivity index (χ2v) is 7.29. The summed E-state index contributed by atoms with van der Waals surface area (Å²) in [7, 11) is 0. The number of carbonyl (C=O) groups is 1. The molecule has 2 atom stereocenters. The molecule has 5 nitrogen and oxygen atoms in total. The molecule has 0 saturated heterocycles. The van der Waals surface area contributed by atoms with E-state index in [1.54, 1.807) is 0 Å². The molecular formula is C15H25N3O2. The quantitative estimate of drug-likeness (QED) is 0.919. The smallest absolute Gasteiger partial charge is 0.308 e. The third-order valence-electron chi connectivity index (χ3n) is 3.86. The van der Waals surface area contributed by atoms with Gasteiger partial charge in [0.15, 0.2) is 0 Å². The van der Waals surface area contributed by atoms with E-state index >= 15 is 0 Å². The van der Waals surface area contributed by atoms with Crippen LogP contribution < -0.4 is 0 Å². The molecule has 0 radical (unpaired) electrons. The maximum Gasteiger partial charge on any atom is 0.308 e. The normalized spacial score (nSPS) is 20.5. The van der Waals surface area contributed by atoms with Gasteiger partial charge in [-0.25, -0.2) is 0 Å². The molecule has 5 heteroatoms. The predicted molar refractivity (Wildman–Crippen MR) is 76.4 cm³/mol. The van der Waals surface area contributed by atoms with Crippen molar-refractivity contribution in [1.82, 2.24) is 14.8 Å². The standard InChI is InChI=1S/C15H25N3O2/c1-10(8-15(2,3)4)7-13-17-16-12-6-5-11(14(19)20)9-18(12)13/h10-11H,5-9H2,1-4H3,(H,19,20). The lowest BCUT2D eigenvalue weighted by Gasteiger charge is -2.24. The number of hydrogen-bond acceptors (Lipinski definition) is 3. The third-order valence-corrected chi connectivity index (χ3v) is 3.86. The van der Waals surface area contributed by atoms with Crippen molar-refractivity contribution in [2.45, 2.75) is 59.9 Å². The van der Waals surface area contributed by atoms with Gasteiger partial charge in [-0.05, 0) is 24.2 Å². The van der Waals surface area contributed by atoms with E-state index in [9.17, 15) is 9.90 Å². The molecule has 0 spiro atoms. The molecule has 0 saturated carbocycles. The topological polar surface area (TPSA) is 68.0 Å². The molecule has 2 unspecified atom stereocenters. The van der Waals surface area contributed by atoms with Crippen LogP contribution in [0.5, 0.6) is 0 Å². The fraction of sp³-hybridized carbons (Fsp3) is 0.800. The summed E-state index contributed by atoms with van der Waals surface area (Å²) in [4.78, 5) is 11.2. The van der Waals surface area contributed by atoms with Crippen LogP contribution >= 0.6 is 0 Å². The van der Waals surface area contributed by atoms with Crippen molar-refractivity contribution < 1.29 is 9.90 Å². The Morgan fingerprint density at radius 2 is 2.15 bits per heavy atom. The number of carboxylic acids is 1. The maximum absolute atomic E-state index is 11.2. The number of fused-ring (bicyclic) bond motifs is 1. The van der Waals surface area contributed by atoms with Crippen LogP contribution in [0.3, 0.4) is 0 Å². The molecule has 2 heterocycles. The highest BCUT2D eigenvalue weighted by atomic mass is 16.4. The van der Waals surface area contributed by atoms with Crippen molar-refractivity contribution >= 4 is 5.97 Å². The zero-order valence-electron chi connectivity index (χ0n) is 12.9. The number of rotatable bonds is 4. The minimum atomic E-state index is -0.710. The minimum Gasteiger partial charge on any atom is -0.481 e. The molecule has 1 aliphatic rings. The summed E-state index contributed by atoms with van der Waals surface area (Å²) in [6.07, 6.45) is 3.39. The Bertz CT molecular complexity index is 488. The Hall–Kier alpha value is -1.39. The van der Waals surface area contributed by atoms with E-state index in [0.717, 1.165) is 30.9 Å². The van der Waals surface area contributed by atoms with Gasteiger partial charge < -0.3 is 9.67 Å². The van der Waals surface area contributed by atoms with Crippen molar-refractivity contribution in [2.24, 2.45) is 17.3 Å². The maximum atomic E-state index is 11.2. The average molecular weight is 279 g/mol. The number of aromatic nitrogens is 3. The molecule has 20 heavy (non-hydrogen) atoms. The van der Waals surface area contributed by atoms with Gasteiger partial charge >= 0.3 is 5.97 Å². The Kier molecular flexibility index (Phi) is 4.16. The van der Waals surface area contributed by atoms with E-state index in [2.05, 4.69) is 37.9 Å². The SMILES string of the molecule is CC(Cc1nnc2n1CC(C(=O)O)CC2)CC(C)(C)C. The number of hydrogen-bond donors (Lipinski definition) is 1. The fourth-order valence-electron chi connectivity index (χ4n) is 3.16. The first-order chi connectivity index (χ1) is 9.26. The molecule has 1 aliphatic heterocycles. The molecule has 0 amide bonds. The van der Waals surface area contributed by atoms with E-state index in [-0.39, 0.29) is 5.92 Å². The van der Waals surface area contributed by atoms with Gasteiger partial charge in [0.05, 0.1) is 5.92 Å². The average Bonchev–Trinajstić information content (AvgIpc) is 2.69. The van der Waals surface area contributed by atoms with E-state index in [1.165, 1.54) is 0 Å². The second-order valence-electron chi connectivity index (χ2n) is 7.29. The van der Waals surface area contributed by atoms with Crippen LogP contribution in [0, 0.1) is 17.3 Å². The van der Waals surface area contributed by atoms with Gasteiger partial charge in [-0.1, -0.05) is 27.7 Å². The van der Waals surface area contributed by atoms with E-state index in [0.29, 0.717) is 24.3 Å². The van der Waals surface area contributed by atoms with Crippen LogP contribution in [0.25, 0.3) is 0 Å². The molecule has 2 rings (SSSR count). The Balaban J connectivity index is 2.08. The monoisotopic (exact) mass is 279 g/mol. The molecule has 1 N–H and O–H groups in total. The van der Waals surface area contributed by atoms with Crippen LogP contribution in [0.1, 0.15) is 52.2 Å². The molecule has 0 aliphatic carbocycles. The van der Waals surface area contributed by atoms with Gasteiger partial charge in [-0.3, -0.25) is 4.79 Å². The van der Waals surface area contributed by atoms with Crippen LogP contribution in [-0.2, 0) is 24.2 Å². The van der Waals surface area contributed by atoms with Crippen LogP contribution in [0.2, 0.25) is 0 Å². The van der Waals surface area contributed by atoms with E-state index in [1.807, 2.05) is 4.57 Å². The summed E-state index contributed by atoms with van der Waals surface area (Å²) >= 11 is 0. The van der Waals surface area contributed by atoms with Crippen LogP contribution in [0.4, 0.5) is 0 Å². The Labute approximate surface area is 120 Å². The number of nitrogens with zero attached hydrogens (tertiary/aromatic N) is 3. The summed E-state index contributed by atoms with van der Waals surface area (Å²) in [6.45, 7) is 9.47. The lowest BCUT2D eigenvalue weighted by molar-refractivity contribution is -0.142. The second kappa shape index (κ2) is 5.54. The third kappa shape index (κ3) is 3.58. The van der Waals surface area contributed by atoms with Crippen molar-refractivity contribution in [2.75, 3.05) is 0 Å². The van der Waals surface area contributed by atoms with E-state index in [4.69, 9.17) is 0 Å². The Morgan fingerprint density at radius 1 is 1.45 bits per heavy atom. The predicted octanol–water partition coefficient (Wildman–Crippen LogP) is 2.54. The van der Waals surface area contributed by atoms with Gasteiger partial charge in [0.2, 0.25) is 0 Å². The summed E-state index contributed by atoms with van der Waals surface area (Å²) in [5.41, 5.74) is 0.299. The summed E-state index contributed by atoms with van der Waals surface area (Å²) < 4.78 is 2.03. The highest BCUT2D eigenvalue weighted by Crippen LogP contribution is 2.27. The number of aryl methyl sites for hydroxylation is 1. The molecular weight excluding hydrogens is 254 g/mol. The van der Waals surface area contributed by atoms with Crippen molar-refractivity contribution in [3.8, 4) is 0 Å². The lowest BCUT2D eigenvalue weighted by atomic mass is 9.84. The van der Waals surface area contributed by atoms with Gasteiger partial charge in [-0.15, -0.1) is 10.2 Å². The molecule has 1 aromatic heterocycles. The largest absolute Gasteiger partial charge is 0.481 e. The highest BCUT2D eigenvalue weighted by molar-refractivity contribution is 5.70. The fourth-order valence-corrected chi connectivity index (χ4v) is 3.16. The van der Waals surface area contributed by atoms with Crippen molar-refractivity contribution in [3.63, 3.8) is 0 Å². The molecule has 112 valence electrons. The van der Waals surface area contributed by atoms with Gasteiger partial charge in [0.1, 0.15) is 11.6 Å². The van der Waals surface area contributed by atoms with Crippen LogP contribution in [0.15, 0.2) is 0 Å². The number of aliphatic carboxylic acids is 1. The molecule has 0 bridgehead atoms. The van der Waals surface area contributed by atoms with Crippen LogP contribution in [-0.4, -0.2) is 25.8 Å². The first-order valence-electron chi connectivity index (χ1n) is 7.40. The summed E-state index contributed by atoms with van der Waals surface area (Å²) in [6, 6.07) is 0. The number of carboxylic acid groups (broad SMARTS) is 1. The summed E-state index contributed by atoms with van der Waals surface area (Å²) in [5, 5.41) is 17.7. The van der Waals surface area contributed by atoms with Gasteiger partial charge in [-0.2, -0.15) is 0 Å². The molecule has 1 aromatic rings. The van der Waals surface area contributed by atoms with Gasteiger partial charge in [0.25, 0.3) is 0 Å². The minimum absolute atomic E-state index is 0.296. The first-order valence-corrected chi connectivity index (χ1v) is 7.40. The summed E-state index contributed by atoms with van der Waals surface area (Å²) in [5.74, 6) is 1.41. The van der Waals surface area contributed by atoms with Crippen molar-refractivity contribution in [1.29, 1.82) is 0 Å². The zero-order valence-corrected chi connectivity index (χ0v) is 12.9. The molecule has 0 aromatic carbocycles. The van der Waals surface area contributed by atoms with Gasteiger partial charge in [0, 0.05) is 19.4 Å². The first kappa shape index (κ1) is 15.0. The Morgan fingerprint density at radius 3 is 2.75 bits per heavy atom. The zero-order chi connectivity index (χ0) is 14.9. The van der Waals surface area contributed by atoms with E-state index < -0.39 is 5.97 Å². The van der Waals surface area contributed by atoms with Crippen molar-refractivity contribution in [3.05, 3.63) is 11.6 Å².